The van der Waals surface area contributed by atoms with E-state index in [0.717, 1.165) is 42.9 Å². The van der Waals surface area contributed by atoms with E-state index in [4.69, 9.17) is 16.3 Å². The predicted octanol–water partition coefficient (Wildman–Crippen LogP) is 6.76. The first-order valence-corrected chi connectivity index (χ1v) is 11.8. The van der Waals surface area contributed by atoms with Crippen molar-refractivity contribution in [2.45, 2.75) is 33.9 Å². The van der Waals surface area contributed by atoms with Crippen molar-refractivity contribution in [1.29, 1.82) is 0 Å². The highest BCUT2D eigenvalue weighted by molar-refractivity contribution is 9.10. The molecule has 0 radical (unpaired) electrons. The average molecular weight is 567 g/mol. The molecule has 2 heterocycles. The largest absolute Gasteiger partial charge is 0.354 e. The van der Waals surface area contributed by atoms with Crippen LogP contribution < -0.4 is 10.1 Å². The fourth-order valence-electron chi connectivity index (χ4n) is 4.01. The maximum atomic E-state index is 6.41. The summed E-state index contributed by atoms with van der Waals surface area (Å²) >= 11 is 13.6. The molecule has 0 spiro atoms. The van der Waals surface area contributed by atoms with Crippen LogP contribution in [0.1, 0.15) is 29.3 Å². The first-order valence-electron chi connectivity index (χ1n) is 9.81. The molecule has 162 valence electrons. The zero-order valence-electron chi connectivity index (χ0n) is 17.9. The van der Waals surface area contributed by atoms with E-state index in [2.05, 4.69) is 80.9 Å². The first-order chi connectivity index (χ1) is 14.7. The molecule has 8 heteroatoms. The van der Waals surface area contributed by atoms with Gasteiger partial charge in [0.2, 0.25) is 0 Å². The Bertz CT molecular complexity index is 1190. The van der Waals surface area contributed by atoms with E-state index in [0.29, 0.717) is 5.02 Å². The monoisotopic (exact) mass is 564 g/mol. The predicted molar refractivity (Wildman–Crippen MR) is 134 cm³/mol. The minimum Gasteiger partial charge on any atom is -0.354 e. The lowest BCUT2D eigenvalue weighted by Gasteiger charge is -2.36. The van der Waals surface area contributed by atoms with Gasteiger partial charge in [0.25, 0.3) is 0 Å². The number of hydrogen-bond acceptors (Lipinski definition) is 4. The van der Waals surface area contributed by atoms with Crippen LogP contribution >= 0.6 is 43.5 Å². The van der Waals surface area contributed by atoms with Gasteiger partial charge >= 0.3 is 0 Å². The summed E-state index contributed by atoms with van der Waals surface area (Å²) in [5.41, 5.74) is 7.45. The number of ether oxygens (including phenoxy) is 1. The van der Waals surface area contributed by atoms with E-state index in [1.807, 2.05) is 41.1 Å². The molecule has 1 atom stereocenters. The van der Waals surface area contributed by atoms with Gasteiger partial charge in [0.1, 0.15) is 4.60 Å². The maximum absolute atomic E-state index is 6.41. The van der Waals surface area contributed by atoms with Crippen LogP contribution in [0, 0.1) is 20.8 Å². The smallest absolute Gasteiger partial charge is 0.195 e. The summed E-state index contributed by atoms with van der Waals surface area (Å²) in [4.78, 5) is 1.86. The molecule has 1 unspecified atom stereocenters. The summed E-state index contributed by atoms with van der Waals surface area (Å²) in [6.45, 7) is 8.32. The molecule has 0 saturated carbocycles. The van der Waals surface area contributed by atoms with Crippen molar-refractivity contribution in [3.8, 4) is 0 Å². The van der Waals surface area contributed by atoms with E-state index < -0.39 is 6.23 Å². The summed E-state index contributed by atoms with van der Waals surface area (Å²) < 4.78 is 7.87. The van der Waals surface area contributed by atoms with Gasteiger partial charge in [0, 0.05) is 27.9 Å². The van der Waals surface area contributed by atoms with E-state index in [1.165, 1.54) is 5.56 Å². The van der Waals surface area contributed by atoms with E-state index in [1.54, 1.807) is 7.11 Å². The van der Waals surface area contributed by atoms with Gasteiger partial charge in [-0.25, -0.2) is 5.01 Å². The van der Waals surface area contributed by atoms with Gasteiger partial charge in [0.15, 0.2) is 6.23 Å². The van der Waals surface area contributed by atoms with E-state index in [9.17, 15) is 0 Å². The van der Waals surface area contributed by atoms with Crippen molar-refractivity contribution in [2.24, 2.45) is 0 Å². The fourth-order valence-corrected chi connectivity index (χ4v) is 5.02. The molecule has 1 aliphatic rings. The highest BCUT2D eigenvalue weighted by Crippen LogP contribution is 2.42. The molecule has 0 amide bonds. The quantitative estimate of drug-likeness (QED) is 0.349. The number of hydrazine groups is 1. The summed E-state index contributed by atoms with van der Waals surface area (Å²) in [6, 6.07) is 14.2. The van der Waals surface area contributed by atoms with Crippen molar-refractivity contribution in [2.75, 3.05) is 17.2 Å². The number of allylic oxidation sites excluding steroid dienone is 1. The molecule has 1 aliphatic heterocycles. The molecule has 5 nitrogen and oxygen atoms in total. The van der Waals surface area contributed by atoms with Gasteiger partial charge in [-0.3, -0.25) is 0 Å². The minimum absolute atomic E-state index is 0.392. The molecular weight excluding hydrogens is 544 g/mol. The number of aromatic nitrogens is 2. The van der Waals surface area contributed by atoms with Gasteiger partial charge in [-0.15, -0.1) is 5.10 Å². The van der Waals surface area contributed by atoms with Crippen molar-refractivity contribution in [3.05, 3.63) is 84.6 Å². The molecule has 0 N–H and O–H groups in total. The number of rotatable bonds is 4. The first kappa shape index (κ1) is 22.4. The SMILES string of the molecule is COC1C(c2cc(Br)ccc2C)=C(C)N(c2cc(Cl)ccc2C)N1n1nc(Br)cc1C. The molecule has 4 rings (SSSR count). The second kappa shape index (κ2) is 8.62. The molecule has 0 bridgehead atoms. The average Bonchev–Trinajstić information content (AvgIpc) is 3.20. The maximum Gasteiger partial charge on any atom is 0.195 e. The van der Waals surface area contributed by atoms with Crippen LogP contribution in [0.5, 0.6) is 0 Å². The van der Waals surface area contributed by atoms with Gasteiger partial charge < -0.3 is 4.74 Å². The third-order valence-electron chi connectivity index (χ3n) is 5.51. The Kier molecular flexibility index (Phi) is 6.23. The lowest BCUT2D eigenvalue weighted by molar-refractivity contribution is 0.125. The summed E-state index contributed by atoms with van der Waals surface area (Å²) in [6.07, 6.45) is -0.392. The Morgan fingerprint density at radius 1 is 0.968 bits per heavy atom. The molecule has 1 aromatic heterocycles. The highest BCUT2D eigenvalue weighted by Gasteiger charge is 2.41. The Labute approximate surface area is 204 Å². The Morgan fingerprint density at radius 2 is 1.68 bits per heavy atom. The Morgan fingerprint density at radius 3 is 2.32 bits per heavy atom. The lowest BCUT2D eigenvalue weighted by atomic mass is 9.98. The number of benzene rings is 2. The number of aryl methyl sites for hydroxylation is 3. The van der Waals surface area contributed by atoms with Crippen molar-refractivity contribution in [3.63, 3.8) is 0 Å². The minimum atomic E-state index is -0.392. The zero-order valence-corrected chi connectivity index (χ0v) is 21.9. The van der Waals surface area contributed by atoms with E-state index >= 15 is 0 Å². The number of nitrogens with zero attached hydrogens (tertiary/aromatic N) is 4. The highest BCUT2D eigenvalue weighted by atomic mass is 79.9. The number of halogens is 3. The van der Waals surface area contributed by atoms with Gasteiger partial charge in [-0.05, 0) is 90.6 Å². The van der Waals surface area contributed by atoms with Crippen LogP contribution in [-0.4, -0.2) is 23.2 Å². The molecule has 0 fully saturated rings. The fraction of sp³-hybridized carbons (Fsp3) is 0.261. The van der Waals surface area contributed by atoms with Gasteiger partial charge in [0.05, 0.1) is 11.4 Å². The summed E-state index contributed by atoms with van der Waals surface area (Å²) in [5.74, 6) is 0. The van der Waals surface area contributed by atoms with Crippen LogP contribution in [0.3, 0.4) is 0 Å². The Balaban J connectivity index is 2.01. The standard InChI is InChI=1S/C23H23Br2ClN4O/c1-13-6-8-17(24)11-19(13)22-16(4)28(20-12-18(26)9-7-14(20)2)30(23(22)31-5)29-15(3)10-21(25)27-29/h6-12,23H,1-5H3. The van der Waals surface area contributed by atoms with Gasteiger partial charge in [-0.1, -0.05) is 39.7 Å². The second-order valence-electron chi connectivity index (χ2n) is 7.61. The van der Waals surface area contributed by atoms with Crippen molar-refractivity contribution < 1.29 is 4.74 Å². The molecule has 2 aromatic carbocycles. The lowest BCUT2D eigenvalue weighted by Crippen LogP contribution is -2.52. The number of anilines is 1. The normalized spacial score (nSPS) is 16.6. The molecule has 0 aliphatic carbocycles. The molecular formula is C23H23Br2ClN4O. The van der Waals surface area contributed by atoms with Crippen molar-refractivity contribution >= 4 is 54.7 Å². The van der Waals surface area contributed by atoms with Crippen LogP contribution in [0.25, 0.3) is 5.57 Å². The summed E-state index contributed by atoms with van der Waals surface area (Å²) in [7, 11) is 1.72. The topological polar surface area (TPSA) is 33.5 Å². The summed E-state index contributed by atoms with van der Waals surface area (Å²) in [5, 5.41) is 9.53. The van der Waals surface area contributed by atoms with Crippen LogP contribution in [0.15, 0.2) is 57.2 Å². The third-order valence-corrected chi connectivity index (χ3v) is 6.63. The third kappa shape index (κ3) is 3.93. The second-order valence-corrected chi connectivity index (χ2v) is 9.77. The number of methoxy groups -OCH3 is 1. The van der Waals surface area contributed by atoms with Crippen LogP contribution in [-0.2, 0) is 4.74 Å². The zero-order chi connectivity index (χ0) is 22.4. The molecule has 31 heavy (non-hydrogen) atoms. The Hall–Kier alpha value is -1.80. The number of hydrogen-bond donors (Lipinski definition) is 0. The van der Waals surface area contributed by atoms with Crippen LogP contribution in [0.2, 0.25) is 5.02 Å². The van der Waals surface area contributed by atoms with Gasteiger partial charge in [-0.2, -0.15) is 9.91 Å². The van der Waals surface area contributed by atoms with Crippen molar-refractivity contribution in [1.82, 2.24) is 9.89 Å². The van der Waals surface area contributed by atoms with E-state index in [-0.39, 0.29) is 0 Å². The van der Waals surface area contributed by atoms with Crippen LogP contribution in [0.4, 0.5) is 5.69 Å². The molecule has 3 aromatic rings. The molecule has 0 saturated heterocycles.